The average molecular weight is 310 g/mol. The highest BCUT2D eigenvalue weighted by atomic mass is 16.5. The molecule has 6 nitrogen and oxygen atoms in total. The van der Waals surface area contributed by atoms with Crippen LogP contribution in [-0.4, -0.2) is 23.4 Å². The number of ether oxygens (including phenoxy) is 1. The van der Waals surface area contributed by atoms with Crippen LogP contribution >= 0.6 is 0 Å². The highest BCUT2D eigenvalue weighted by molar-refractivity contribution is 5.77. The Morgan fingerprint density at radius 2 is 2.00 bits per heavy atom. The van der Waals surface area contributed by atoms with Gasteiger partial charge in [0, 0.05) is 11.8 Å². The van der Waals surface area contributed by atoms with Gasteiger partial charge in [0.1, 0.15) is 11.6 Å². The van der Waals surface area contributed by atoms with E-state index < -0.39 is 0 Å². The topological polar surface area (TPSA) is 68.2 Å². The molecule has 23 heavy (non-hydrogen) atoms. The molecule has 2 N–H and O–H groups in total. The fourth-order valence-electron chi connectivity index (χ4n) is 2.38. The number of hydrogen-bond acceptors (Lipinski definition) is 5. The van der Waals surface area contributed by atoms with Crippen LogP contribution in [0.15, 0.2) is 53.3 Å². The van der Waals surface area contributed by atoms with E-state index in [2.05, 4.69) is 15.7 Å². The van der Waals surface area contributed by atoms with E-state index in [0.717, 1.165) is 11.4 Å². The Bertz CT molecular complexity index is 889. The summed E-state index contributed by atoms with van der Waals surface area (Å²) in [5.74, 6) is 1.39. The summed E-state index contributed by atoms with van der Waals surface area (Å²) in [6.45, 7) is 2.18. The molecule has 0 aliphatic carbocycles. The molecule has 0 fully saturated rings. The van der Waals surface area contributed by atoms with Crippen molar-refractivity contribution in [3.8, 4) is 5.75 Å². The molecule has 0 unspecified atom stereocenters. The number of para-hydroxylation sites is 1. The molecule has 3 rings (SSSR count). The van der Waals surface area contributed by atoms with Gasteiger partial charge in [0.05, 0.1) is 24.7 Å². The van der Waals surface area contributed by atoms with E-state index in [-0.39, 0.29) is 5.56 Å². The first kappa shape index (κ1) is 14.9. The number of fused-ring (bicyclic) bond motifs is 1. The number of aromatic nitrogens is 2. The molecule has 3 aromatic rings. The molecule has 0 radical (unpaired) electrons. The van der Waals surface area contributed by atoms with Crippen molar-refractivity contribution < 1.29 is 4.74 Å². The number of methoxy groups -OCH3 is 1. The van der Waals surface area contributed by atoms with Gasteiger partial charge in [0.25, 0.3) is 5.56 Å². The molecule has 0 amide bonds. The molecule has 0 aliphatic heterocycles. The van der Waals surface area contributed by atoms with Gasteiger partial charge in [-0.25, -0.2) is 9.66 Å². The van der Waals surface area contributed by atoms with Crippen molar-refractivity contribution in [3.05, 3.63) is 64.7 Å². The molecule has 2 aromatic carbocycles. The summed E-state index contributed by atoms with van der Waals surface area (Å²) >= 11 is 0. The van der Waals surface area contributed by atoms with Gasteiger partial charge in [0.15, 0.2) is 0 Å². The van der Waals surface area contributed by atoms with Crippen LogP contribution in [0.2, 0.25) is 0 Å². The first-order chi connectivity index (χ1) is 11.2. The minimum Gasteiger partial charge on any atom is -0.497 e. The zero-order valence-electron chi connectivity index (χ0n) is 13.0. The van der Waals surface area contributed by atoms with Gasteiger partial charge in [-0.05, 0) is 31.2 Å². The fraction of sp³-hybridized carbons (Fsp3) is 0.176. The molecular formula is C17H18N4O2. The lowest BCUT2D eigenvalue weighted by atomic mass is 10.2. The zero-order chi connectivity index (χ0) is 16.2. The van der Waals surface area contributed by atoms with Gasteiger partial charge >= 0.3 is 0 Å². The molecule has 0 aliphatic rings. The van der Waals surface area contributed by atoms with Crippen LogP contribution in [-0.2, 0) is 0 Å². The standard InChI is InChI=1S/C17H18N4O2/c1-12-20-16-9-4-3-8-15(16)17(22)21(12)19-11-18-13-6-5-7-14(10-13)23-2/h3-10,18-19H,11H2,1-2H3. The number of nitrogens with zero attached hydrogens (tertiary/aromatic N) is 2. The van der Waals surface area contributed by atoms with Crippen molar-refractivity contribution in [3.63, 3.8) is 0 Å². The third kappa shape index (κ3) is 3.11. The SMILES string of the molecule is COc1cccc(NCNn2c(C)nc3ccccc3c2=O)c1. The molecule has 6 heteroatoms. The van der Waals surface area contributed by atoms with E-state index >= 15 is 0 Å². The van der Waals surface area contributed by atoms with Crippen LogP contribution in [0.4, 0.5) is 5.69 Å². The van der Waals surface area contributed by atoms with Gasteiger partial charge < -0.3 is 15.5 Å². The highest BCUT2D eigenvalue weighted by Crippen LogP contribution is 2.16. The number of aryl methyl sites for hydroxylation is 1. The van der Waals surface area contributed by atoms with E-state index in [1.54, 1.807) is 20.1 Å². The zero-order valence-corrected chi connectivity index (χ0v) is 13.0. The number of nitrogens with one attached hydrogen (secondary N) is 2. The van der Waals surface area contributed by atoms with Crippen LogP contribution in [0.3, 0.4) is 0 Å². The summed E-state index contributed by atoms with van der Waals surface area (Å²) in [6, 6.07) is 14.9. The predicted octanol–water partition coefficient (Wildman–Crippen LogP) is 2.33. The Morgan fingerprint density at radius 3 is 2.83 bits per heavy atom. The number of benzene rings is 2. The van der Waals surface area contributed by atoms with Crippen LogP contribution in [0.25, 0.3) is 10.9 Å². The van der Waals surface area contributed by atoms with Crippen LogP contribution in [0.1, 0.15) is 5.82 Å². The molecule has 1 aromatic heterocycles. The number of rotatable bonds is 5. The van der Waals surface area contributed by atoms with Gasteiger partial charge in [-0.1, -0.05) is 18.2 Å². The summed E-state index contributed by atoms with van der Waals surface area (Å²) in [7, 11) is 1.63. The lowest BCUT2D eigenvalue weighted by molar-refractivity contribution is 0.415. The first-order valence-electron chi connectivity index (χ1n) is 7.29. The fourth-order valence-corrected chi connectivity index (χ4v) is 2.38. The lowest BCUT2D eigenvalue weighted by Gasteiger charge is -2.14. The van der Waals surface area contributed by atoms with Crippen molar-refractivity contribution >= 4 is 16.6 Å². The molecule has 0 spiro atoms. The Morgan fingerprint density at radius 1 is 1.17 bits per heavy atom. The Balaban J connectivity index is 1.78. The van der Waals surface area contributed by atoms with Crippen LogP contribution in [0.5, 0.6) is 5.75 Å². The van der Waals surface area contributed by atoms with Gasteiger partial charge in [-0.2, -0.15) is 0 Å². The van der Waals surface area contributed by atoms with Crippen molar-refractivity contribution in [2.45, 2.75) is 6.92 Å². The normalized spacial score (nSPS) is 10.5. The summed E-state index contributed by atoms with van der Waals surface area (Å²) < 4.78 is 6.63. The summed E-state index contributed by atoms with van der Waals surface area (Å²) in [4.78, 5) is 16.9. The Labute approximate surface area is 133 Å². The van der Waals surface area contributed by atoms with E-state index in [0.29, 0.717) is 23.4 Å². The van der Waals surface area contributed by atoms with Crippen molar-refractivity contribution in [1.82, 2.24) is 9.66 Å². The Hall–Kier alpha value is -3.02. The van der Waals surface area contributed by atoms with E-state index in [1.165, 1.54) is 4.68 Å². The molecule has 0 atom stereocenters. The maximum atomic E-state index is 12.5. The first-order valence-corrected chi connectivity index (χ1v) is 7.29. The van der Waals surface area contributed by atoms with E-state index in [1.807, 2.05) is 42.5 Å². The van der Waals surface area contributed by atoms with Crippen molar-refractivity contribution in [2.24, 2.45) is 0 Å². The average Bonchev–Trinajstić information content (AvgIpc) is 2.58. The summed E-state index contributed by atoms with van der Waals surface area (Å²) in [5, 5.41) is 3.78. The molecule has 0 bridgehead atoms. The van der Waals surface area contributed by atoms with Crippen LogP contribution in [0, 0.1) is 6.92 Å². The molecular weight excluding hydrogens is 292 g/mol. The lowest BCUT2D eigenvalue weighted by Crippen LogP contribution is -2.34. The Kier molecular flexibility index (Phi) is 4.14. The molecule has 0 saturated carbocycles. The maximum absolute atomic E-state index is 12.5. The largest absolute Gasteiger partial charge is 0.497 e. The highest BCUT2D eigenvalue weighted by Gasteiger charge is 2.06. The quantitative estimate of drug-likeness (QED) is 0.708. The minimum atomic E-state index is -0.111. The second-order valence-corrected chi connectivity index (χ2v) is 5.06. The third-order valence-corrected chi connectivity index (χ3v) is 3.54. The second-order valence-electron chi connectivity index (χ2n) is 5.06. The molecule has 1 heterocycles. The number of hydrogen-bond donors (Lipinski definition) is 2. The van der Waals surface area contributed by atoms with Gasteiger partial charge in [-0.15, -0.1) is 0 Å². The van der Waals surface area contributed by atoms with Gasteiger partial charge in [0.2, 0.25) is 0 Å². The molecule has 0 saturated heterocycles. The second kappa shape index (κ2) is 6.39. The monoisotopic (exact) mass is 310 g/mol. The third-order valence-electron chi connectivity index (χ3n) is 3.54. The van der Waals surface area contributed by atoms with Crippen molar-refractivity contribution in [2.75, 3.05) is 24.5 Å². The van der Waals surface area contributed by atoms with Gasteiger partial charge in [-0.3, -0.25) is 4.79 Å². The molecule has 118 valence electrons. The number of anilines is 1. The predicted molar refractivity (Wildman–Crippen MR) is 91.6 cm³/mol. The minimum absolute atomic E-state index is 0.111. The summed E-state index contributed by atoms with van der Waals surface area (Å²) in [5.41, 5.74) is 4.54. The smallest absolute Gasteiger partial charge is 0.280 e. The van der Waals surface area contributed by atoms with Crippen molar-refractivity contribution in [1.29, 1.82) is 0 Å². The maximum Gasteiger partial charge on any atom is 0.280 e. The van der Waals surface area contributed by atoms with E-state index in [9.17, 15) is 4.79 Å². The summed E-state index contributed by atoms with van der Waals surface area (Å²) in [6.07, 6.45) is 0. The van der Waals surface area contributed by atoms with E-state index in [4.69, 9.17) is 4.74 Å². The van der Waals surface area contributed by atoms with Crippen LogP contribution < -0.4 is 21.0 Å².